The van der Waals surface area contributed by atoms with E-state index in [1.54, 1.807) is 6.07 Å². The lowest BCUT2D eigenvalue weighted by Crippen LogP contribution is -2.31. The largest absolute Gasteiger partial charge is 0.496 e. The Kier molecular flexibility index (Phi) is 4.39. The van der Waals surface area contributed by atoms with Crippen LogP contribution in [0.2, 0.25) is 0 Å². The molecular weight excluding hydrogens is 324 g/mol. The van der Waals surface area contributed by atoms with E-state index in [0.717, 1.165) is 0 Å². The summed E-state index contributed by atoms with van der Waals surface area (Å²) in [5, 5.41) is 13.1. The van der Waals surface area contributed by atoms with E-state index in [9.17, 15) is 14.9 Å². The minimum absolute atomic E-state index is 0.000912. The lowest BCUT2D eigenvalue weighted by Gasteiger charge is -2.14. The number of ether oxygens (including phenoxy) is 2. The molecule has 0 aliphatic carbocycles. The molecular formula is C17H16N4O4. The highest BCUT2D eigenvalue weighted by atomic mass is 16.5. The maximum absolute atomic E-state index is 11.6. The first-order valence-electron chi connectivity index (χ1n) is 7.66. The van der Waals surface area contributed by atoms with Gasteiger partial charge in [0.2, 0.25) is 11.8 Å². The molecule has 0 radical (unpaired) electrons. The molecule has 1 aliphatic rings. The summed E-state index contributed by atoms with van der Waals surface area (Å²) in [6.07, 6.45) is 2.55. The SMILES string of the molecule is COc1cc2c(OC[C@@H]3CCC(=O)N3)ncc(C#N)c2cc1C(N)=O. The zero-order valence-electron chi connectivity index (χ0n) is 13.5. The highest BCUT2D eigenvalue weighted by Crippen LogP contribution is 2.32. The highest BCUT2D eigenvalue weighted by Gasteiger charge is 2.22. The average Bonchev–Trinajstić information content (AvgIpc) is 3.03. The first-order chi connectivity index (χ1) is 12.0. The Bertz CT molecular complexity index is 904. The Hall–Kier alpha value is -3.34. The number of carbonyl (C=O) groups excluding carboxylic acids is 2. The molecule has 1 aromatic heterocycles. The summed E-state index contributed by atoms with van der Waals surface area (Å²) in [5.41, 5.74) is 5.84. The van der Waals surface area contributed by atoms with Gasteiger partial charge in [-0.2, -0.15) is 5.26 Å². The molecule has 1 atom stereocenters. The summed E-state index contributed by atoms with van der Waals surface area (Å²) in [5.74, 6) is -0.0880. The van der Waals surface area contributed by atoms with Gasteiger partial charge in [0.05, 0.1) is 24.3 Å². The van der Waals surface area contributed by atoms with E-state index in [1.165, 1.54) is 19.4 Å². The van der Waals surface area contributed by atoms with Crippen LogP contribution in [0.1, 0.15) is 28.8 Å². The van der Waals surface area contributed by atoms with Gasteiger partial charge in [-0.15, -0.1) is 0 Å². The predicted molar refractivity (Wildman–Crippen MR) is 88.2 cm³/mol. The van der Waals surface area contributed by atoms with Gasteiger partial charge in [-0.3, -0.25) is 9.59 Å². The molecule has 3 N–H and O–H groups in total. The molecule has 25 heavy (non-hydrogen) atoms. The normalized spacial score (nSPS) is 16.3. The van der Waals surface area contributed by atoms with Gasteiger partial charge < -0.3 is 20.5 Å². The van der Waals surface area contributed by atoms with E-state index >= 15 is 0 Å². The van der Waals surface area contributed by atoms with Crippen molar-refractivity contribution in [3.05, 3.63) is 29.5 Å². The minimum Gasteiger partial charge on any atom is -0.496 e. The van der Waals surface area contributed by atoms with Gasteiger partial charge in [0.25, 0.3) is 5.91 Å². The minimum atomic E-state index is -0.657. The van der Waals surface area contributed by atoms with Crippen molar-refractivity contribution in [2.45, 2.75) is 18.9 Å². The number of benzene rings is 1. The number of amides is 2. The summed E-state index contributed by atoms with van der Waals surface area (Å²) >= 11 is 0. The van der Waals surface area contributed by atoms with E-state index in [4.69, 9.17) is 15.2 Å². The second-order valence-corrected chi connectivity index (χ2v) is 5.67. The van der Waals surface area contributed by atoms with E-state index < -0.39 is 5.91 Å². The molecule has 0 spiro atoms. The Morgan fingerprint density at radius 2 is 2.28 bits per heavy atom. The van der Waals surface area contributed by atoms with Crippen LogP contribution in [0.25, 0.3) is 10.8 Å². The van der Waals surface area contributed by atoms with Gasteiger partial charge in [-0.1, -0.05) is 0 Å². The fraction of sp³-hybridized carbons (Fsp3) is 0.294. The van der Waals surface area contributed by atoms with Crippen molar-refractivity contribution in [1.82, 2.24) is 10.3 Å². The molecule has 1 aliphatic heterocycles. The van der Waals surface area contributed by atoms with Crippen LogP contribution in [0.4, 0.5) is 0 Å². The zero-order chi connectivity index (χ0) is 18.0. The zero-order valence-corrected chi connectivity index (χ0v) is 13.5. The van der Waals surface area contributed by atoms with E-state index in [-0.39, 0.29) is 29.9 Å². The van der Waals surface area contributed by atoms with Crippen LogP contribution in [0.15, 0.2) is 18.3 Å². The van der Waals surface area contributed by atoms with Crippen molar-refractivity contribution in [2.75, 3.05) is 13.7 Å². The van der Waals surface area contributed by atoms with E-state index in [2.05, 4.69) is 10.3 Å². The second kappa shape index (κ2) is 6.65. The molecule has 128 valence electrons. The van der Waals surface area contributed by atoms with Crippen molar-refractivity contribution in [3.8, 4) is 17.7 Å². The standard InChI is InChI=1S/C17H16N4O4/c1-24-14-5-12-11(4-13(14)16(19)23)9(6-18)7-20-17(12)25-8-10-2-3-15(22)21-10/h4-5,7,10H,2-3,8H2,1H3,(H2,19,23)(H,21,22)/t10-/m0/s1. The number of nitrogens with two attached hydrogens (primary N) is 1. The molecule has 0 unspecified atom stereocenters. The Morgan fingerprint density at radius 3 is 2.88 bits per heavy atom. The number of methoxy groups -OCH3 is 1. The number of nitrogens with zero attached hydrogens (tertiary/aromatic N) is 2. The van der Waals surface area contributed by atoms with Crippen molar-refractivity contribution in [3.63, 3.8) is 0 Å². The van der Waals surface area contributed by atoms with Crippen LogP contribution >= 0.6 is 0 Å². The smallest absolute Gasteiger partial charge is 0.252 e. The Morgan fingerprint density at radius 1 is 1.48 bits per heavy atom. The first kappa shape index (κ1) is 16.5. The molecule has 0 bridgehead atoms. The third kappa shape index (κ3) is 3.17. The topological polar surface area (TPSA) is 127 Å². The Balaban J connectivity index is 2.02. The summed E-state index contributed by atoms with van der Waals surface area (Å²) in [7, 11) is 1.42. The average molecular weight is 340 g/mol. The number of fused-ring (bicyclic) bond motifs is 1. The van der Waals surface area contributed by atoms with Gasteiger partial charge in [0.1, 0.15) is 18.4 Å². The molecule has 2 amide bonds. The summed E-state index contributed by atoms with van der Waals surface area (Å²) in [6, 6.07) is 5.03. The quantitative estimate of drug-likeness (QED) is 0.831. The fourth-order valence-corrected chi connectivity index (χ4v) is 2.79. The van der Waals surface area contributed by atoms with E-state index in [1.807, 2.05) is 6.07 Å². The molecule has 0 saturated carbocycles. The van der Waals surface area contributed by atoms with Crippen LogP contribution in [0, 0.1) is 11.3 Å². The van der Waals surface area contributed by atoms with Gasteiger partial charge >= 0.3 is 0 Å². The molecule has 2 heterocycles. The van der Waals surface area contributed by atoms with Crippen LogP contribution < -0.4 is 20.5 Å². The summed E-state index contributed by atoms with van der Waals surface area (Å²) < 4.78 is 11.0. The van der Waals surface area contributed by atoms with Crippen molar-refractivity contribution in [1.29, 1.82) is 5.26 Å². The van der Waals surface area contributed by atoms with Gasteiger partial charge in [-0.05, 0) is 18.6 Å². The molecule has 8 heteroatoms. The van der Waals surface area contributed by atoms with Gasteiger partial charge in [-0.25, -0.2) is 4.98 Å². The number of hydrogen-bond donors (Lipinski definition) is 2. The van der Waals surface area contributed by atoms with Gasteiger partial charge in [0.15, 0.2) is 0 Å². The lowest BCUT2D eigenvalue weighted by atomic mass is 10.0. The summed E-state index contributed by atoms with van der Waals surface area (Å²) in [4.78, 5) is 27.1. The van der Waals surface area contributed by atoms with Crippen LogP contribution in [0.5, 0.6) is 11.6 Å². The third-order valence-electron chi connectivity index (χ3n) is 4.06. The van der Waals surface area contributed by atoms with Crippen molar-refractivity contribution < 1.29 is 19.1 Å². The molecule has 1 fully saturated rings. The summed E-state index contributed by atoms with van der Waals surface area (Å²) in [6.45, 7) is 0.264. The van der Waals surface area contributed by atoms with Crippen molar-refractivity contribution in [2.24, 2.45) is 5.73 Å². The third-order valence-corrected chi connectivity index (χ3v) is 4.06. The van der Waals surface area contributed by atoms with Crippen LogP contribution in [-0.4, -0.2) is 36.6 Å². The van der Waals surface area contributed by atoms with Gasteiger partial charge in [0, 0.05) is 23.4 Å². The van der Waals surface area contributed by atoms with Crippen molar-refractivity contribution >= 4 is 22.6 Å². The van der Waals surface area contributed by atoms with E-state index in [0.29, 0.717) is 35.1 Å². The number of pyridine rings is 1. The predicted octanol–water partition coefficient (Wildman–Crippen LogP) is 0.871. The molecule has 2 aromatic rings. The first-order valence-corrected chi connectivity index (χ1v) is 7.66. The maximum Gasteiger partial charge on any atom is 0.252 e. The monoisotopic (exact) mass is 340 g/mol. The molecule has 8 nitrogen and oxygen atoms in total. The Labute approximate surface area is 143 Å². The number of nitrogens with one attached hydrogen (secondary N) is 1. The number of primary amides is 1. The highest BCUT2D eigenvalue weighted by molar-refractivity contribution is 6.03. The van der Waals surface area contributed by atoms with Crippen LogP contribution in [-0.2, 0) is 4.79 Å². The molecule has 1 aromatic carbocycles. The van der Waals surface area contributed by atoms with Crippen LogP contribution in [0.3, 0.4) is 0 Å². The number of aromatic nitrogens is 1. The molecule has 1 saturated heterocycles. The second-order valence-electron chi connectivity index (χ2n) is 5.67. The number of nitriles is 1. The lowest BCUT2D eigenvalue weighted by molar-refractivity contribution is -0.119. The number of carbonyl (C=O) groups is 2. The molecule has 3 rings (SSSR count). The maximum atomic E-state index is 11.6. The number of hydrogen-bond acceptors (Lipinski definition) is 6. The fourth-order valence-electron chi connectivity index (χ4n) is 2.79. The number of rotatable bonds is 5.